The lowest BCUT2D eigenvalue weighted by Gasteiger charge is -2.12. The lowest BCUT2D eigenvalue weighted by atomic mass is 9.97. The number of aryl methyl sites for hydroxylation is 1. The summed E-state index contributed by atoms with van der Waals surface area (Å²) in [4.78, 5) is 16.6. The van der Waals surface area contributed by atoms with Crippen LogP contribution in [0.4, 0.5) is 0 Å². The molecule has 0 bridgehead atoms. The first-order valence-electron chi connectivity index (χ1n) is 9.86. The summed E-state index contributed by atoms with van der Waals surface area (Å²) in [5, 5.41) is 20.4. The molecule has 4 rings (SSSR count). The van der Waals surface area contributed by atoms with Gasteiger partial charge in [-0.3, -0.25) is 4.79 Å². The number of carbonyl (C=O) groups is 1. The van der Waals surface area contributed by atoms with Gasteiger partial charge in [0.05, 0.1) is 17.3 Å². The summed E-state index contributed by atoms with van der Waals surface area (Å²) in [5.41, 5.74) is 4.76. The number of hydrogen-bond donors (Lipinski definition) is 1. The van der Waals surface area contributed by atoms with Crippen molar-refractivity contribution in [3.8, 4) is 17.2 Å². The van der Waals surface area contributed by atoms with E-state index in [1.807, 2.05) is 64.2 Å². The van der Waals surface area contributed by atoms with Gasteiger partial charge in [0.2, 0.25) is 5.89 Å². The fourth-order valence-electron chi connectivity index (χ4n) is 3.31. The summed E-state index contributed by atoms with van der Waals surface area (Å²) in [6.45, 7) is 8.12. The normalized spacial score (nSPS) is 11.5. The summed E-state index contributed by atoms with van der Waals surface area (Å²) >= 11 is 0. The maximum Gasteiger partial charge on any atom is 0.292 e. The molecule has 0 fully saturated rings. The highest BCUT2D eigenvalue weighted by atomic mass is 16.5. The van der Waals surface area contributed by atoms with Gasteiger partial charge in [-0.15, -0.1) is 0 Å². The maximum atomic E-state index is 12.4. The Morgan fingerprint density at radius 1 is 1.29 bits per heavy atom. The summed E-state index contributed by atoms with van der Waals surface area (Å²) in [5.74, 6) is 0.0457. The van der Waals surface area contributed by atoms with Crippen molar-refractivity contribution in [3.63, 3.8) is 0 Å². The van der Waals surface area contributed by atoms with Crippen molar-refractivity contribution in [2.45, 2.75) is 39.7 Å². The van der Waals surface area contributed by atoms with Gasteiger partial charge in [-0.1, -0.05) is 44.1 Å². The third-order valence-electron chi connectivity index (χ3n) is 5.03. The quantitative estimate of drug-likeness (QED) is 0.544. The molecule has 0 aliphatic rings. The van der Waals surface area contributed by atoms with E-state index in [1.165, 1.54) is 0 Å². The number of amides is 1. The second-order valence-electron chi connectivity index (χ2n) is 8.38. The predicted octanol–water partition coefficient (Wildman–Crippen LogP) is 3.79. The smallest absolute Gasteiger partial charge is 0.292 e. The summed E-state index contributed by atoms with van der Waals surface area (Å²) in [6, 6.07) is 12.0. The Hall–Kier alpha value is -3.99. The molecule has 0 atom stereocenters. The van der Waals surface area contributed by atoms with Crippen LogP contribution in [0.2, 0.25) is 0 Å². The minimum absolute atomic E-state index is 0.0188. The molecule has 1 amide bonds. The van der Waals surface area contributed by atoms with Crippen molar-refractivity contribution in [2.24, 2.45) is 0 Å². The molecule has 0 aliphatic heterocycles. The van der Waals surface area contributed by atoms with Gasteiger partial charge in [0.15, 0.2) is 0 Å². The molecule has 1 aromatic carbocycles. The van der Waals surface area contributed by atoms with Crippen LogP contribution < -0.4 is 5.32 Å². The van der Waals surface area contributed by atoms with Crippen molar-refractivity contribution >= 4 is 11.4 Å². The van der Waals surface area contributed by atoms with E-state index in [9.17, 15) is 10.1 Å². The fourth-order valence-corrected chi connectivity index (χ4v) is 3.31. The van der Waals surface area contributed by atoms with Crippen LogP contribution in [0.3, 0.4) is 0 Å². The Morgan fingerprint density at radius 2 is 2.10 bits per heavy atom. The Bertz CT molecular complexity index is 1320. The van der Waals surface area contributed by atoms with E-state index in [0.29, 0.717) is 18.0 Å². The van der Waals surface area contributed by atoms with Gasteiger partial charge in [0, 0.05) is 23.7 Å². The first-order chi connectivity index (χ1) is 14.8. The second kappa shape index (κ2) is 7.69. The van der Waals surface area contributed by atoms with Crippen LogP contribution in [-0.2, 0) is 12.0 Å². The summed E-state index contributed by atoms with van der Waals surface area (Å²) in [6.07, 6.45) is 3.42. The van der Waals surface area contributed by atoms with E-state index in [2.05, 4.69) is 26.6 Å². The molecule has 1 N–H and O–H groups in total. The standard InChI is InChI=1S/C23H22N6O2/c1-14-10-15(19-17(11-24)13-26-29-9-5-6-18(19)29)7-8-16(14)12-25-21(30)20-27-22(31-28-20)23(2,3)4/h5-10,13H,12H2,1-4H3,(H,25,30). The largest absolute Gasteiger partial charge is 0.345 e. The second-order valence-corrected chi connectivity index (χ2v) is 8.38. The first-order valence-corrected chi connectivity index (χ1v) is 9.86. The van der Waals surface area contributed by atoms with Crippen molar-refractivity contribution in [1.82, 2.24) is 25.1 Å². The number of nitriles is 1. The molecule has 0 saturated carbocycles. The molecule has 0 aliphatic carbocycles. The molecule has 0 unspecified atom stereocenters. The third kappa shape index (κ3) is 3.90. The van der Waals surface area contributed by atoms with Crippen molar-refractivity contribution in [1.29, 1.82) is 5.26 Å². The van der Waals surface area contributed by atoms with E-state index in [-0.39, 0.29) is 11.2 Å². The average molecular weight is 414 g/mol. The zero-order valence-electron chi connectivity index (χ0n) is 17.8. The number of aromatic nitrogens is 4. The van der Waals surface area contributed by atoms with E-state index in [1.54, 1.807) is 10.7 Å². The molecule has 8 nitrogen and oxygen atoms in total. The van der Waals surface area contributed by atoms with Crippen LogP contribution in [0.1, 0.15) is 54.0 Å². The van der Waals surface area contributed by atoms with E-state index >= 15 is 0 Å². The molecule has 0 saturated heterocycles. The van der Waals surface area contributed by atoms with Gasteiger partial charge in [-0.25, -0.2) is 4.52 Å². The topological polar surface area (TPSA) is 109 Å². The molecule has 0 spiro atoms. The Balaban J connectivity index is 1.55. The van der Waals surface area contributed by atoms with E-state index in [0.717, 1.165) is 27.8 Å². The van der Waals surface area contributed by atoms with Crippen LogP contribution in [0.5, 0.6) is 0 Å². The molecule has 4 aromatic rings. The fraction of sp³-hybridized carbons (Fsp3) is 0.261. The lowest BCUT2D eigenvalue weighted by molar-refractivity contribution is 0.0937. The number of rotatable bonds is 4. The zero-order valence-corrected chi connectivity index (χ0v) is 17.8. The predicted molar refractivity (Wildman–Crippen MR) is 114 cm³/mol. The van der Waals surface area contributed by atoms with E-state index in [4.69, 9.17) is 4.52 Å². The minimum atomic E-state index is -0.390. The zero-order chi connectivity index (χ0) is 22.2. The Kier molecular flexibility index (Phi) is 5.03. The molecular weight excluding hydrogens is 392 g/mol. The molecule has 8 heteroatoms. The highest BCUT2D eigenvalue weighted by Crippen LogP contribution is 2.29. The van der Waals surface area contributed by atoms with Crippen LogP contribution in [-0.4, -0.2) is 25.7 Å². The average Bonchev–Trinajstić information content (AvgIpc) is 3.41. The Labute approximate surface area is 179 Å². The number of hydrogen-bond acceptors (Lipinski definition) is 6. The lowest BCUT2D eigenvalue weighted by Crippen LogP contribution is -2.24. The highest BCUT2D eigenvalue weighted by molar-refractivity contribution is 5.90. The van der Waals surface area contributed by atoms with Gasteiger partial charge in [0.1, 0.15) is 6.07 Å². The van der Waals surface area contributed by atoms with E-state index < -0.39 is 5.91 Å². The Morgan fingerprint density at radius 3 is 2.77 bits per heavy atom. The maximum absolute atomic E-state index is 12.4. The molecule has 31 heavy (non-hydrogen) atoms. The number of carbonyl (C=O) groups excluding carboxylic acids is 1. The van der Waals surface area contributed by atoms with Crippen LogP contribution >= 0.6 is 0 Å². The third-order valence-corrected chi connectivity index (χ3v) is 5.03. The number of nitrogens with zero attached hydrogens (tertiary/aromatic N) is 5. The monoisotopic (exact) mass is 414 g/mol. The van der Waals surface area contributed by atoms with Gasteiger partial charge >= 0.3 is 0 Å². The molecule has 156 valence electrons. The van der Waals surface area contributed by atoms with Gasteiger partial charge in [-0.2, -0.15) is 15.3 Å². The van der Waals surface area contributed by atoms with Gasteiger partial charge in [0.25, 0.3) is 11.7 Å². The summed E-state index contributed by atoms with van der Waals surface area (Å²) < 4.78 is 6.93. The number of benzene rings is 1. The molecule has 0 radical (unpaired) electrons. The van der Waals surface area contributed by atoms with Crippen molar-refractivity contribution < 1.29 is 9.32 Å². The first kappa shape index (κ1) is 20.3. The number of fused-ring (bicyclic) bond motifs is 1. The van der Waals surface area contributed by atoms with Crippen molar-refractivity contribution in [2.75, 3.05) is 0 Å². The SMILES string of the molecule is Cc1cc(-c2c(C#N)cnn3cccc23)ccc1CNC(=O)c1noc(C(C)(C)C)n1. The molecule has 3 heterocycles. The van der Waals surface area contributed by atoms with Gasteiger partial charge in [-0.05, 0) is 35.7 Å². The number of nitrogens with one attached hydrogen (secondary N) is 1. The van der Waals surface area contributed by atoms with Gasteiger partial charge < -0.3 is 9.84 Å². The van der Waals surface area contributed by atoms with Crippen LogP contribution in [0.25, 0.3) is 16.6 Å². The summed E-state index contributed by atoms with van der Waals surface area (Å²) in [7, 11) is 0. The van der Waals surface area contributed by atoms with Crippen LogP contribution in [0, 0.1) is 18.3 Å². The molecular formula is C23H22N6O2. The molecule has 3 aromatic heterocycles. The van der Waals surface area contributed by atoms with Crippen molar-refractivity contribution in [3.05, 3.63) is 71.1 Å². The highest BCUT2D eigenvalue weighted by Gasteiger charge is 2.24. The minimum Gasteiger partial charge on any atom is -0.345 e. The van der Waals surface area contributed by atoms with Crippen LogP contribution in [0.15, 0.2) is 47.2 Å².